The average Bonchev–Trinajstić information content (AvgIpc) is 2.35. The van der Waals surface area contributed by atoms with Crippen molar-refractivity contribution < 1.29 is 4.74 Å². The monoisotopic (exact) mass is 308 g/mol. The highest BCUT2D eigenvalue weighted by Crippen LogP contribution is 2.17. The first-order valence-electron chi connectivity index (χ1n) is 5.77. The number of ether oxygens (including phenoxy) is 1. The number of halogens is 2. The van der Waals surface area contributed by atoms with Gasteiger partial charge in [0.1, 0.15) is 5.75 Å². The number of hydrogen-bond acceptors (Lipinski definition) is 1. The van der Waals surface area contributed by atoms with Gasteiger partial charge >= 0.3 is 0 Å². The average molecular weight is 310 g/mol. The van der Waals surface area contributed by atoms with E-state index in [1.807, 2.05) is 52.0 Å². The van der Waals surface area contributed by atoms with Crippen molar-refractivity contribution >= 4 is 27.5 Å². The van der Waals surface area contributed by atoms with Gasteiger partial charge in [-0.1, -0.05) is 49.7 Å². The van der Waals surface area contributed by atoms with E-state index in [2.05, 4.69) is 15.9 Å². The topological polar surface area (TPSA) is 9.23 Å². The van der Waals surface area contributed by atoms with Gasteiger partial charge in [0, 0.05) is 10.4 Å². The number of hydrogen-bond donors (Lipinski definition) is 0. The lowest BCUT2D eigenvalue weighted by atomic mass is 10.3. The van der Waals surface area contributed by atoms with Crippen LogP contribution < -0.4 is 4.74 Å². The van der Waals surface area contributed by atoms with Crippen LogP contribution >= 0.6 is 27.5 Å². The van der Waals surface area contributed by atoms with Crippen molar-refractivity contribution in [1.82, 2.24) is 0 Å². The van der Waals surface area contributed by atoms with E-state index >= 15 is 0 Å². The van der Waals surface area contributed by atoms with Gasteiger partial charge in [-0.05, 0) is 24.6 Å². The Labute approximate surface area is 113 Å². The molecule has 0 amide bonds. The van der Waals surface area contributed by atoms with Gasteiger partial charge in [-0.2, -0.15) is 0 Å². The van der Waals surface area contributed by atoms with Gasteiger partial charge in [0.05, 0.1) is 6.61 Å². The van der Waals surface area contributed by atoms with Gasteiger partial charge in [0.2, 0.25) is 0 Å². The molecule has 0 saturated heterocycles. The van der Waals surface area contributed by atoms with Crippen molar-refractivity contribution in [2.75, 3.05) is 12.5 Å². The summed E-state index contributed by atoms with van der Waals surface area (Å²) in [7, 11) is 0. The van der Waals surface area contributed by atoms with Crippen molar-refractivity contribution in [2.45, 2.75) is 34.1 Å². The minimum atomic E-state index is 0.647. The Hall–Kier alpha value is -0.210. The summed E-state index contributed by atoms with van der Waals surface area (Å²) in [4.78, 5) is 0. The summed E-state index contributed by atoms with van der Waals surface area (Å²) in [6.07, 6.45) is 0.883. The first-order chi connectivity index (χ1) is 7.83. The molecule has 0 N–H and O–H groups in total. The van der Waals surface area contributed by atoms with E-state index < -0.39 is 0 Å². The Morgan fingerprint density at radius 1 is 1.19 bits per heavy atom. The van der Waals surface area contributed by atoms with Crippen molar-refractivity contribution in [3.63, 3.8) is 0 Å². The Morgan fingerprint density at radius 3 is 2.31 bits per heavy atom. The molecule has 94 valence electrons. The molecule has 1 rings (SSSR count). The summed E-state index contributed by atoms with van der Waals surface area (Å²) in [5, 5.41) is 0. The maximum Gasteiger partial charge on any atom is 0.120 e. The Kier molecular flexibility index (Phi) is 16.8. The minimum Gasteiger partial charge on any atom is -0.494 e. The fraction of sp³-hybridized carbons (Fsp3) is 0.538. The summed E-state index contributed by atoms with van der Waals surface area (Å²) in [5.74, 6) is 1.53. The van der Waals surface area contributed by atoms with Gasteiger partial charge in [0.25, 0.3) is 0 Å². The third-order valence-corrected chi connectivity index (χ3v) is 2.10. The van der Waals surface area contributed by atoms with Gasteiger partial charge in [-0.3, -0.25) is 0 Å². The fourth-order valence-corrected chi connectivity index (χ4v) is 1.29. The van der Waals surface area contributed by atoms with Crippen LogP contribution in [0.25, 0.3) is 0 Å². The predicted octanol–water partition coefficient (Wildman–Crippen LogP) is 5.51. The number of rotatable bonds is 4. The molecular formula is C13H22BrClO. The van der Waals surface area contributed by atoms with Crippen molar-refractivity contribution in [1.29, 1.82) is 0 Å². The molecule has 0 bridgehead atoms. The van der Waals surface area contributed by atoms with Gasteiger partial charge in [0.15, 0.2) is 0 Å². The highest BCUT2D eigenvalue weighted by atomic mass is 79.9. The van der Waals surface area contributed by atoms with Crippen LogP contribution in [-0.4, -0.2) is 12.5 Å². The third-order valence-electron chi connectivity index (χ3n) is 1.34. The van der Waals surface area contributed by atoms with E-state index in [1.54, 1.807) is 0 Å². The van der Waals surface area contributed by atoms with Crippen LogP contribution in [0.15, 0.2) is 28.7 Å². The molecule has 0 atom stereocenters. The van der Waals surface area contributed by atoms with Crippen molar-refractivity contribution in [2.24, 2.45) is 0 Å². The zero-order chi connectivity index (χ0) is 12.8. The molecule has 1 aromatic rings. The number of alkyl halides is 1. The molecule has 0 radical (unpaired) electrons. The van der Waals surface area contributed by atoms with E-state index in [1.165, 1.54) is 0 Å². The SMILES string of the molecule is CC.CC.ClCCCOc1cccc(Br)c1. The van der Waals surface area contributed by atoms with E-state index in [0.717, 1.165) is 16.6 Å². The maximum absolute atomic E-state index is 5.51. The molecule has 0 saturated carbocycles. The second-order valence-electron chi connectivity index (χ2n) is 2.35. The minimum absolute atomic E-state index is 0.647. The molecular weight excluding hydrogens is 287 g/mol. The zero-order valence-electron chi connectivity index (χ0n) is 10.6. The predicted molar refractivity (Wildman–Crippen MR) is 77.7 cm³/mol. The second-order valence-corrected chi connectivity index (χ2v) is 3.64. The van der Waals surface area contributed by atoms with Crippen LogP contribution in [0.1, 0.15) is 34.1 Å². The highest BCUT2D eigenvalue weighted by Gasteiger charge is 1.93. The molecule has 3 heteroatoms. The lowest BCUT2D eigenvalue weighted by molar-refractivity contribution is 0.318. The largest absolute Gasteiger partial charge is 0.494 e. The summed E-state index contributed by atoms with van der Waals surface area (Å²) in [5.41, 5.74) is 0. The molecule has 0 aliphatic carbocycles. The lowest BCUT2D eigenvalue weighted by Crippen LogP contribution is -1.97. The van der Waals surface area contributed by atoms with Crippen LogP contribution in [-0.2, 0) is 0 Å². The summed E-state index contributed by atoms with van der Waals surface area (Å²) in [6.45, 7) is 8.68. The van der Waals surface area contributed by atoms with E-state index in [9.17, 15) is 0 Å². The van der Waals surface area contributed by atoms with E-state index in [-0.39, 0.29) is 0 Å². The third kappa shape index (κ3) is 10.3. The quantitative estimate of drug-likeness (QED) is 0.526. The van der Waals surface area contributed by atoms with Crippen LogP contribution in [0.3, 0.4) is 0 Å². The Bertz CT molecular complexity index is 241. The summed E-state index contributed by atoms with van der Waals surface area (Å²) in [6, 6.07) is 7.78. The Morgan fingerprint density at radius 2 is 1.81 bits per heavy atom. The molecule has 0 aromatic heterocycles. The normalized spacial score (nSPS) is 8.12. The number of benzene rings is 1. The zero-order valence-corrected chi connectivity index (χ0v) is 12.9. The van der Waals surface area contributed by atoms with Crippen LogP contribution in [0, 0.1) is 0 Å². The molecule has 1 nitrogen and oxygen atoms in total. The van der Waals surface area contributed by atoms with Gasteiger partial charge in [-0.25, -0.2) is 0 Å². The first kappa shape index (κ1) is 18.2. The molecule has 0 aliphatic heterocycles. The van der Waals surface area contributed by atoms with Gasteiger partial charge in [-0.15, -0.1) is 11.6 Å². The summed E-state index contributed by atoms with van der Waals surface area (Å²) >= 11 is 8.87. The first-order valence-corrected chi connectivity index (χ1v) is 7.10. The van der Waals surface area contributed by atoms with Crippen molar-refractivity contribution in [3.8, 4) is 5.75 Å². The molecule has 16 heavy (non-hydrogen) atoms. The molecule has 1 aromatic carbocycles. The van der Waals surface area contributed by atoms with E-state index in [0.29, 0.717) is 12.5 Å². The fourth-order valence-electron chi connectivity index (χ4n) is 0.801. The molecule has 0 fully saturated rings. The Balaban J connectivity index is 0. The van der Waals surface area contributed by atoms with Crippen LogP contribution in [0.5, 0.6) is 5.75 Å². The van der Waals surface area contributed by atoms with Crippen LogP contribution in [0.4, 0.5) is 0 Å². The van der Waals surface area contributed by atoms with Gasteiger partial charge < -0.3 is 4.74 Å². The second kappa shape index (κ2) is 14.8. The molecule has 0 aliphatic rings. The standard InChI is InChI=1S/C9H10BrClO.2C2H6/c10-8-3-1-4-9(7-8)12-6-2-5-11;2*1-2/h1,3-4,7H,2,5-6H2;2*1-2H3. The maximum atomic E-state index is 5.51. The molecule has 0 heterocycles. The molecule has 0 spiro atoms. The molecule has 0 unspecified atom stereocenters. The van der Waals surface area contributed by atoms with E-state index in [4.69, 9.17) is 16.3 Å². The van der Waals surface area contributed by atoms with Crippen molar-refractivity contribution in [3.05, 3.63) is 28.7 Å². The summed E-state index contributed by atoms with van der Waals surface area (Å²) < 4.78 is 6.45. The van der Waals surface area contributed by atoms with Crippen LogP contribution in [0.2, 0.25) is 0 Å². The smallest absolute Gasteiger partial charge is 0.120 e. The lowest BCUT2D eigenvalue weighted by Gasteiger charge is -2.04. The highest BCUT2D eigenvalue weighted by molar-refractivity contribution is 9.10.